The van der Waals surface area contributed by atoms with E-state index in [1.54, 1.807) is 0 Å². The van der Waals surface area contributed by atoms with Crippen molar-refractivity contribution in [2.75, 3.05) is 0 Å². The fourth-order valence-electron chi connectivity index (χ4n) is 5.15. The third-order valence-corrected chi connectivity index (χ3v) is 7.41. The Hall–Kier alpha value is -4.10. The zero-order valence-corrected chi connectivity index (χ0v) is 23.0. The SMILES string of the molecule is CCc1ccc2[nH]c(=O)c(CN(Cc3ccc(C)cc3)C(CC)c3nnnn3CCc3ccccc3)cc2c1. The highest BCUT2D eigenvalue weighted by molar-refractivity contribution is 5.79. The van der Waals surface area contributed by atoms with Crippen molar-refractivity contribution in [3.8, 4) is 0 Å². The zero-order valence-electron chi connectivity index (χ0n) is 23.0. The van der Waals surface area contributed by atoms with Crippen LogP contribution in [0.25, 0.3) is 10.9 Å². The van der Waals surface area contributed by atoms with Crippen LogP contribution >= 0.6 is 0 Å². The van der Waals surface area contributed by atoms with Gasteiger partial charge in [-0.1, -0.05) is 80.1 Å². The molecule has 7 heteroatoms. The molecule has 0 radical (unpaired) electrons. The first-order valence-electron chi connectivity index (χ1n) is 13.8. The van der Waals surface area contributed by atoms with Crippen molar-refractivity contribution in [2.45, 2.75) is 65.7 Å². The minimum atomic E-state index is -0.0610. The van der Waals surface area contributed by atoms with Crippen molar-refractivity contribution in [1.82, 2.24) is 30.1 Å². The first-order chi connectivity index (χ1) is 19.0. The predicted octanol–water partition coefficient (Wildman–Crippen LogP) is 5.78. The Morgan fingerprint density at radius 2 is 1.67 bits per heavy atom. The Labute approximate surface area is 229 Å². The number of rotatable bonds is 11. The van der Waals surface area contributed by atoms with Gasteiger partial charge in [-0.2, -0.15) is 0 Å². The van der Waals surface area contributed by atoms with Crippen molar-refractivity contribution in [3.05, 3.63) is 123 Å². The van der Waals surface area contributed by atoms with Crippen LogP contribution in [0.5, 0.6) is 0 Å². The van der Waals surface area contributed by atoms with Crippen LogP contribution in [-0.2, 0) is 32.5 Å². The number of pyridine rings is 1. The molecule has 0 spiro atoms. The van der Waals surface area contributed by atoms with Gasteiger partial charge in [0.2, 0.25) is 0 Å². The summed E-state index contributed by atoms with van der Waals surface area (Å²) in [5, 5.41) is 13.9. The molecule has 7 nitrogen and oxygen atoms in total. The quantitative estimate of drug-likeness (QED) is 0.239. The maximum Gasteiger partial charge on any atom is 0.252 e. The minimum absolute atomic E-state index is 0.0563. The van der Waals surface area contributed by atoms with E-state index in [9.17, 15) is 4.79 Å². The van der Waals surface area contributed by atoms with Crippen molar-refractivity contribution < 1.29 is 0 Å². The van der Waals surface area contributed by atoms with Gasteiger partial charge in [-0.05, 0) is 76.9 Å². The monoisotopic (exact) mass is 520 g/mol. The van der Waals surface area contributed by atoms with E-state index in [0.717, 1.165) is 41.6 Å². The van der Waals surface area contributed by atoms with E-state index in [4.69, 9.17) is 0 Å². The Kier molecular flexibility index (Phi) is 8.27. The van der Waals surface area contributed by atoms with E-state index in [0.29, 0.717) is 19.6 Å². The number of nitrogens with one attached hydrogen (secondary N) is 1. The molecule has 0 amide bonds. The molecule has 0 bridgehead atoms. The number of aromatic nitrogens is 5. The normalized spacial score (nSPS) is 12.3. The lowest BCUT2D eigenvalue weighted by molar-refractivity contribution is 0.160. The summed E-state index contributed by atoms with van der Waals surface area (Å²) in [5.74, 6) is 0.825. The smallest absolute Gasteiger partial charge is 0.252 e. The number of tetrazole rings is 1. The highest BCUT2D eigenvalue weighted by Crippen LogP contribution is 2.27. The number of hydrogen-bond donors (Lipinski definition) is 1. The second kappa shape index (κ2) is 12.2. The Morgan fingerprint density at radius 1 is 0.897 bits per heavy atom. The molecule has 1 unspecified atom stereocenters. The molecular weight excluding hydrogens is 484 g/mol. The fourth-order valence-corrected chi connectivity index (χ4v) is 5.15. The number of fused-ring (bicyclic) bond motifs is 1. The summed E-state index contributed by atoms with van der Waals surface area (Å²) in [6.07, 6.45) is 2.61. The highest BCUT2D eigenvalue weighted by Gasteiger charge is 2.26. The van der Waals surface area contributed by atoms with Gasteiger partial charge in [0.25, 0.3) is 5.56 Å². The topological polar surface area (TPSA) is 79.7 Å². The largest absolute Gasteiger partial charge is 0.322 e. The molecule has 5 rings (SSSR count). The third kappa shape index (κ3) is 6.32. The molecule has 2 heterocycles. The number of aromatic amines is 1. The predicted molar refractivity (Wildman–Crippen MR) is 155 cm³/mol. The zero-order chi connectivity index (χ0) is 27.2. The summed E-state index contributed by atoms with van der Waals surface area (Å²) in [6, 6.07) is 27.2. The Balaban J connectivity index is 1.48. The number of nitrogens with zero attached hydrogens (tertiary/aromatic N) is 5. The first kappa shape index (κ1) is 26.5. The van der Waals surface area contributed by atoms with Gasteiger partial charge in [0.1, 0.15) is 0 Å². The van der Waals surface area contributed by atoms with Crippen LogP contribution in [0.15, 0.2) is 83.7 Å². The Bertz CT molecular complexity index is 1570. The highest BCUT2D eigenvalue weighted by atomic mass is 16.1. The Morgan fingerprint density at radius 3 is 2.41 bits per heavy atom. The molecule has 3 aromatic carbocycles. The van der Waals surface area contributed by atoms with Crippen LogP contribution in [-0.4, -0.2) is 30.1 Å². The number of hydrogen-bond acceptors (Lipinski definition) is 5. The lowest BCUT2D eigenvalue weighted by atomic mass is 10.0. The molecule has 1 atom stereocenters. The van der Waals surface area contributed by atoms with Crippen LogP contribution in [0.4, 0.5) is 0 Å². The molecule has 0 saturated heterocycles. The fraction of sp³-hybridized carbons (Fsp3) is 0.312. The van der Waals surface area contributed by atoms with Gasteiger partial charge in [-0.15, -0.1) is 5.10 Å². The maximum absolute atomic E-state index is 13.2. The van der Waals surface area contributed by atoms with Crippen LogP contribution in [0, 0.1) is 6.92 Å². The lowest BCUT2D eigenvalue weighted by Gasteiger charge is -2.30. The van der Waals surface area contributed by atoms with Gasteiger partial charge in [-0.25, -0.2) is 4.68 Å². The van der Waals surface area contributed by atoms with Crippen LogP contribution in [0.3, 0.4) is 0 Å². The summed E-state index contributed by atoms with van der Waals surface area (Å²) in [5.41, 5.74) is 6.46. The van der Waals surface area contributed by atoms with Gasteiger partial charge in [0, 0.05) is 30.7 Å². The lowest BCUT2D eigenvalue weighted by Crippen LogP contribution is -2.32. The van der Waals surface area contributed by atoms with Gasteiger partial charge < -0.3 is 4.98 Å². The van der Waals surface area contributed by atoms with E-state index >= 15 is 0 Å². The van der Waals surface area contributed by atoms with Crippen LogP contribution in [0.1, 0.15) is 60.0 Å². The molecule has 39 heavy (non-hydrogen) atoms. The molecule has 1 N–H and O–H groups in total. The molecular formula is C32H36N6O. The van der Waals surface area contributed by atoms with E-state index in [1.165, 1.54) is 22.3 Å². The van der Waals surface area contributed by atoms with Crippen LogP contribution in [0.2, 0.25) is 0 Å². The number of benzene rings is 3. The van der Waals surface area contributed by atoms with E-state index in [2.05, 4.69) is 107 Å². The second-order valence-corrected chi connectivity index (χ2v) is 10.2. The summed E-state index contributed by atoms with van der Waals surface area (Å²) in [7, 11) is 0. The standard InChI is InChI=1S/C32H36N6O/c1-4-24-15-16-29-27(19-24)20-28(32(39)33-29)22-37(21-26-13-11-23(3)12-14-26)30(5-2)31-34-35-36-38(31)18-17-25-9-7-6-8-10-25/h6-16,19-20,30H,4-5,17-18,21-22H2,1-3H3,(H,33,39). The number of H-pyrrole nitrogens is 1. The molecule has 0 aliphatic heterocycles. The maximum atomic E-state index is 13.2. The second-order valence-electron chi connectivity index (χ2n) is 10.2. The number of aryl methyl sites for hydroxylation is 4. The molecule has 0 saturated carbocycles. The molecule has 200 valence electrons. The van der Waals surface area contributed by atoms with Crippen molar-refractivity contribution in [2.24, 2.45) is 0 Å². The average molecular weight is 521 g/mol. The molecule has 0 aliphatic rings. The average Bonchev–Trinajstić information content (AvgIpc) is 3.42. The van der Waals surface area contributed by atoms with E-state index in [-0.39, 0.29) is 11.6 Å². The van der Waals surface area contributed by atoms with E-state index in [1.807, 2.05) is 22.9 Å². The van der Waals surface area contributed by atoms with Gasteiger partial charge in [-0.3, -0.25) is 9.69 Å². The third-order valence-electron chi connectivity index (χ3n) is 7.41. The molecule has 0 fully saturated rings. The summed E-state index contributed by atoms with van der Waals surface area (Å²) >= 11 is 0. The van der Waals surface area contributed by atoms with Crippen molar-refractivity contribution in [3.63, 3.8) is 0 Å². The van der Waals surface area contributed by atoms with Gasteiger partial charge >= 0.3 is 0 Å². The molecule has 2 aromatic heterocycles. The van der Waals surface area contributed by atoms with Crippen molar-refractivity contribution in [1.29, 1.82) is 0 Å². The summed E-state index contributed by atoms with van der Waals surface area (Å²) in [6.45, 7) is 8.25. The molecule has 5 aromatic rings. The van der Waals surface area contributed by atoms with Gasteiger partial charge in [0.05, 0.1) is 6.04 Å². The summed E-state index contributed by atoms with van der Waals surface area (Å²) < 4.78 is 1.92. The van der Waals surface area contributed by atoms with Gasteiger partial charge in [0.15, 0.2) is 5.82 Å². The molecule has 0 aliphatic carbocycles. The summed E-state index contributed by atoms with van der Waals surface area (Å²) in [4.78, 5) is 18.6. The van der Waals surface area contributed by atoms with Crippen LogP contribution < -0.4 is 5.56 Å². The minimum Gasteiger partial charge on any atom is -0.322 e. The van der Waals surface area contributed by atoms with E-state index < -0.39 is 0 Å². The first-order valence-corrected chi connectivity index (χ1v) is 13.8. The van der Waals surface area contributed by atoms with Crippen molar-refractivity contribution >= 4 is 10.9 Å².